The minimum absolute atomic E-state index is 0.00954. The van der Waals surface area contributed by atoms with E-state index in [0.29, 0.717) is 0 Å². The summed E-state index contributed by atoms with van der Waals surface area (Å²) in [6.45, 7) is 5.10. The smallest absolute Gasteiger partial charge is 0.119 e. The predicted octanol–water partition coefficient (Wildman–Crippen LogP) is 4.59. The minimum Gasteiger partial charge on any atom is -0.497 e. The van der Waals surface area contributed by atoms with Crippen molar-refractivity contribution >= 4 is 0 Å². The van der Waals surface area contributed by atoms with E-state index in [0.717, 1.165) is 23.6 Å². The van der Waals surface area contributed by atoms with E-state index in [9.17, 15) is 0 Å². The minimum atomic E-state index is 0.00954. The molecule has 3 heteroatoms. The van der Waals surface area contributed by atoms with Crippen molar-refractivity contribution < 1.29 is 4.74 Å². The van der Waals surface area contributed by atoms with Gasteiger partial charge in [-0.1, -0.05) is 36.4 Å². The number of benzene rings is 2. The Morgan fingerprint density at radius 1 is 0.960 bits per heavy atom. The number of hydrogen-bond acceptors (Lipinski definition) is 3. The zero-order chi connectivity index (χ0) is 17.6. The van der Waals surface area contributed by atoms with E-state index in [1.54, 1.807) is 7.11 Å². The largest absolute Gasteiger partial charge is 0.497 e. The Balaban J connectivity index is 1.92. The van der Waals surface area contributed by atoms with Crippen molar-refractivity contribution in [3.8, 4) is 5.75 Å². The highest BCUT2D eigenvalue weighted by Gasteiger charge is 2.16. The molecule has 0 aliphatic rings. The quantitative estimate of drug-likeness (QED) is 0.717. The number of nitrogens with one attached hydrogen (secondary N) is 1. The molecule has 0 spiro atoms. The molecule has 3 rings (SSSR count). The van der Waals surface area contributed by atoms with E-state index < -0.39 is 0 Å². The molecule has 1 atom stereocenters. The summed E-state index contributed by atoms with van der Waals surface area (Å²) < 4.78 is 5.39. The lowest BCUT2D eigenvalue weighted by Crippen LogP contribution is -2.23. The maximum Gasteiger partial charge on any atom is 0.119 e. The Hall–Kier alpha value is -2.65. The van der Waals surface area contributed by atoms with Crippen LogP contribution in [-0.2, 0) is 6.54 Å². The van der Waals surface area contributed by atoms with Gasteiger partial charge in [-0.25, -0.2) is 0 Å². The van der Waals surface area contributed by atoms with E-state index in [4.69, 9.17) is 4.74 Å². The molecule has 0 aliphatic heterocycles. The third-order valence-electron chi connectivity index (χ3n) is 4.54. The predicted molar refractivity (Wildman–Crippen MR) is 102 cm³/mol. The van der Waals surface area contributed by atoms with Crippen molar-refractivity contribution in [3.05, 3.63) is 94.8 Å². The zero-order valence-corrected chi connectivity index (χ0v) is 15.0. The van der Waals surface area contributed by atoms with E-state index in [2.05, 4.69) is 60.5 Å². The average molecular weight is 332 g/mol. The second-order valence-electron chi connectivity index (χ2n) is 6.22. The van der Waals surface area contributed by atoms with Crippen LogP contribution < -0.4 is 10.1 Å². The molecule has 25 heavy (non-hydrogen) atoms. The molecule has 1 aromatic heterocycles. The molecular weight excluding hydrogens is 308 g/mol. The monoisotopic (exact) mass is 332 g/mol. The number of nitrogens with zero attached hydrogens (tertiary/aromatic N) is 1. The maximum absolute atomic E-state index is 5.39. The van der Waals surface area contributed by atoms with Crippen LogP contribution in [0.5, 0.6) is 5.75 Å². The van der Waals surface area contributed by atoms with E-state index in [-0.39, 0.29) is 6.04 Å². The normalized spacial score (nSPS) is 12.0. The molecule has 0 bridgehead atoms. The van der Waals surface area contributed by atoms with Crippen molar-refractivity contribution in [2.75, 3.05) is 7.11 Å². The first kappa shape index (κ1) is 17.2. The fourth-order valence-corrected chi connectivity index (χ4v) is 3.09. The number of methoxy groups -OCH3 is 1. The SMILES string of the molecule is COc1cccc([C@H](NCc2c(C)cccc2C)c2ccccn2)c1. The third-order valence-corrected chi connectivity index (χ3v) is 4.54. The van der Waals surface area contributed by atoms with Gasteiger partial charge in [0.25, 0.3) is 0 Å². The summed E-state index contributed by atoms with van der Waals surface area (Å²) in [6.07, 6.45) is 1.84. The fourth-order valence-electron chi connectivity index (χ4n) is 3.09. The van der Waals surface area contributed by atoms with Crippen molar-refractivity contribution in [3.63, 3.8) is 0 Å². The van der Waals surface area contributed by atoms with Crippen molar-refractivity contribution in [2.24, 2.45) is 0 Å². The van der Waals surface area contributed by atoms with Crippen molar-refractivity contribution in [2.45, 2.75) is 26.4 Å². The van der Waals surface area contributed by atoms with Gasteiger partial charge in [0.2, 0.25) is 0 Å². The molecule has 2 aromatic carbocycles. The van der Waals surface area contributed by atoms with E-state index >= 15 is 0 Å². The summed E-state index contributed by atoms with van der Waals surface area (Å²) >= 11 is 0. The van der Waals surface area contributed by atoms with Gasteiger partial charge in [-0.2, -0.15) is 0 Å². The Kier molecular flexibility index (Phi) is 5.46. The molecule has 0 aliphatic carbocycles. The van der Waals surface area contributed by atoms with E-state index in [1.165, 1.54) is 16.7 Å². The summed E-state index contributed by atoms with van der Waals surface area (Å²) in [5.41, 5.74) is 6.09. The molecule has 3 aromatic rings. The van der Waals surface area contributed by atoms with Gasteiger partial charge in [0, 0.05) is 12.7 Å². The summed E-state index contributed by atoms with van der Waals surface area (Å²) in [7, 11) is 1.69. The molecular formula is C22H24N2O. The van der Waals surface area contributed by atoms with Gasteiger partial charge in [0.15, 0.2) is 0 Å². The molecule has 0 amide bonds. The average Bonchev–Trinajstić information content (AvgIpc) is 2.65. The van der Waals surface area contributed by atoms with Crippen LogP contribution in [-0.4, -0.2) is 12.1 Å². The first-order valence-corrected chi connectivity index (χ1v) is 8.52. The molecule has 1 N–H and O–H groups in total. The van der Waals surface area contributed by atoms with Gasteiger partial charge in [-0.05, 0) is 60.4 Å². The van der Waals surface area contributed by atoms with Gasteiger partial charge in [-0.15, -0.1) is 0 Å². The highest BCUT2D eigenvalue weighted by molar-refractivity contribution is 5.36. The highest BCUT2D eigenvalue weighted by Crippen LogP contribution is 2.25. The van der Waals surface area contributed by atoms with Crippen LogP contribution in [0.3, 0.4) is 0 Å². The number of ether oxygens (including phenoxy) is 1. The number of aryl methyl sites for hydroxylation is 2. The number of rotatable bonds is 6. The summed E-state index contributed by atoms with van der Waals surface area (Å²) in [6, 6.07) is 20.6. The molecule has 0 unspecified atom stereocenters. The van der Waals surface area contributed by atoms with Crippen LogP contribution in [0.15, 0.2) is 66.9 Å². The van der Waals surface area contributed by atoms with E-state index in [1.807, 2.05) is 30.5 Å². The van der Waals surface area contributed by atoms with Gasteiger partial charge < -0.3 is 10.1 Å². The van der Waals surface area contributed by atoms with Crippen LogP contribution in [0.2, 0.25) is 0 Å². The van der Waals surface area contributed by atoms with Crippen LogP contribution in [0, 0.1) is 13.8 Å². The zero-order valence-electron chi connectivity index (χ0n) is 15.0. The lowest BCUT2D eigenvalue weighted by atomic mass is 9.99. The van der Waals surface area contributed by atoms with Gasteiger partial charge in [-0.3, -0.25) is 4.98 Å². The number of aromatic nitrogens is 1. The number of hydrogen-bond donors (Lipinski definition) is 1. The Morgan fingerprint density at radius 3 is 2.40 bits per heavy atom. The van der Waals surface area contributed by atoms with Crippen molar-refractivity contribution in [1.29, 1.82) is 0 Å². The number of pyridine rings is 1. The van der Waals surface area contributed by atoms with Crippen LogP contribution in [0.4, 0.5) is 0 Å². The highest BCUT2D eigenvalue weighted by atomic mass is 16.5. The lowest BCUT2D eigenvalue weighted by molar-refractivity contribution is 0.413. The fraction of sp³-hybridized carbons (Fsp3) is 0.227. The Morgan fingerprint density at radius 2 is 1.72 bits per heavy atom. The first-order chi connectivity index (χ1) is 12.2. The summed E-state index contributed by atoms with van der Waals surface area (Å²) in [5.74, 6) is 0.854. The van der Waals surface area contributed by atoms with Gasteiger partial charge in [0.1, 0.15) is 5.75 Å². The third kappa shape index (κ3) is 4.06. The molecule has 0 radical (unpaired) electrons. The lowest BCUT2D eigenvalue weighted by Gasteiger charge is -2.21. The van der Waals surface area contributed by atoms with Gasteiger partial charge in [0.05, 0.1) is 18.8 Å². The van der Waals surface area contributed by atoms with Crippen LogP contribution in [0.25, 0.3) is 0 Å². The molecule has 128 valence electrons. The Labute approximate surface area is 149 Å². The topological polar surface area (TPSA) is 34.1 Å². The summed E-state index contributed by atoms with van der Waals surface area (Å²) in [4.78, 5) is 4.56. The molecule has 0 fully saturated rings. The second kappa shape index (κ2) is 7.95. The summed E-state index contributed by atoms with van der Waals surface area (Å²) in [5, 5.41) is 3.68. The standard InChI is InChI=1S/C22H24N2O/c1-16-8-6-9-17(2)20(16)15-24-22(21-12-4-5-13-23-21)18-10-7-11-19(14-18)25-3/h4-14,22,24H,15H2,1-3H3/t22-/m0/s1. The molecule has 0 saturated carbocycles. The van der Waals surface area contributed by atoms with Crippen LogP contribution >= 0.6 is 0 Å². The van der Waals surface area contributed by atoms with Crippen LogP contribution in [0.1, 0.15) is 34.0 Å². The molecule has 3 nitrogen and oxygen atoms in total. The van der Waals surface area contributed by atoms with Gasteiger partial charge >= 0.3 is 0 Å². The second-order valence-corrected chi connectivity index (χ2v) is 6.22. The maximum atomic E-state index is 5.39. The molecule has 1 heterocycles. The first-order valence-electron chi connectivity index (χ1n) is 8.52. The van der Waals surface area contributed by atoms with Crippen molar-refractivity contribution in [1.82, 2.24) is 10.3 Å². The Bertz CT molecular complexity index is 810. The molecule has 0 saturated heterocycles.